The van der Waals surface area contributed by atoms with Crippen LogP contribution in [0.5, 0.6) is 0 Å². The molecule has 1 aliphatic carbocycles. The monoisotopic (exact) mass is 1100 g/mol. The van der Waals surface area contributed by atoms with Gasteiger partial charge in [-0.1, -0.05) is 72.3 Å². The van der Waals surface area contributed by atoms with Crippen molar-refractivity contribution in [3.63, 3.8) is 0 Å². The zero-order chi connectivity index (χ0) is 56.4. The summed E-state index contributed by atoms with van der Waals surface area (Å²) in [6.45, 7) is 16.7. The summed E-state index contributed by atoms with van der Waals surface area (Å²) in [6, 6.07) is 11.6. The van der Waals surface area contributed by atoms with Crippen LogP contribution in [0.1, 0.15) is 108 Å². The lowest BCUT2D eigenvalue weighted by molar-refractivity contribution is -0.870. The Balaban J connectivity index is 0.00000318. The number of halogens is 1. The Kier molecular flexibility index (Phi) is 22.6. The van der Waals surface area contributed by atoms with Crippen molar-refractivity contribution in [3.8, 4) is 0 Å². The van der Waals surface area contributed by atoms with Gasteiger partial charge in [0.1, 0.15) is 23.3 Å². The van der Waals surface area contributed by atoms with E-state index in [9.17, 15) is 22.6 Å². The molecule has 16 heteroatoms. The molecule has 0 unspecified atom stereocenters. The second-order valence-corrected chi connectivity index (χ2v) is 23.4. The van der Waals surface area contributed by atoms with Crippen LogP contribution in [0.2, 0.25) is 0 Å². The number of rotatable bonds is 23. The summed E-state index contributed by atoms with van der Waals surface area (Å²) in [6.07, 6.45) is 13.9. The summed E-state index contributed by atoms with van der Waals surface area (Å²) in [5, 5.41) is 0. The van der Waals surface area contributed by atoms with Crippen LogP contribution in [0.25, 0.3) is 0 Å². The predicted octanol–water partition coefficient (Wildman–Crippen LogP) is 5.68. The lowest BCUT2D eigenvalue weighted by Crippen LogP contribution is -3.00. The fourth-order valence-electron chi connectivity index (χ4n) is 9.89. The number of methoxy groups -OCH3 is 2. The number of esters is 2. The summed E-state index contributed by atoms with van der Waals surface area (Å²) in [5.74, 6) is -0.663. The summed E-state index contributed by atoms with van der Waals surface area (Å²) >= 11 is 0. The zero-order valence-electron chi connectivity index (χ0n) is 49.7. The van der Waals surface area contributed by atoms with Crippen LogP contribution in [0.3, 0.4) is 0 Å². The molecule has 2 aliphatic heterocycles. The second-order valence-electron chi connectivity index (χ2n) is 22.0. The first-order chi connectivity index (χ1) is 35.2. The van der Waals surface area contributed by atoms with Gasteiger partial charge in [-0.2, -0.15) is 0 Å². The van der Waals surface area contributed by atoms with Gasteiger partial charge in [-0.05, 0) is 73.7 Å². The van der Waals surface area contributed by atoms with E-state index < -0.39 is 15.5 Å². The highest BCUT2D eigenvalue weighted by Gasteiger charge is 2.42. The Morgan fingerprint density at radius 2 is 1.16 bits per heavy atom. The van der Waals surface area contributed by atoms with Gasteiger partial charge in [-0.3, -0.25) is 9.59 Å². The highest BCUT2D eigenvalue weighted by molar-refractivity contribution is 7.85. The number of hydrogen-bond donors (Lipinski definition) is 0. The Bertz CT molecular complexity index is 2490. The molecule has 0 spiro atoms. The van der Waals surface area contributed by atoms with Crippen LogP contribution in [0.15, 0.2) is 88.1 Å². The minimum atomic E-state index is -4.68. The van der Waals surface area contributed by atoms with Crippen LogP contribution in [-0.4, -0.2) is 166 Å². The number of fused-ring (bicyclic) bond motifs is 2. The molecule has 3 aliphatic rings. The number of quaternary nitrogens is 2. The maximum absolute atomic E-state index is 12.3. The van der Waals surface area contributed by atoms with Gasteiger partial charge in [0, 0.05) is 74.8 Å². The topological polar surface area (TPSA) is 138 Å². The van der Waals surface area contributed by atoms with Gasteiger partial charge in [-0.15, -0.1) is 0 Å². The highest BCUT2D eigenvalue weighted by atomic mass is 79.9. The van der Waals surface area contributed by atoms with Gasteiger partial charge in [0.2, 0.25) is 5.71 Å². The number of hydrogen-bond acceptors (Lipinski definition) is 11. The fraction of sp³-hybridized carbons (Fsp3) is 0.596. The van der Waals surface area contributed by atoms with Crippen molar-refractivity contribution in [2.75, 3.05) is 132 Å². The minimum Gasteiger partial charge on any atom is -1.00 e. The number of aryl methyl sites for hydroxylation is 1. The molecule has 2 aromatic rings. The third-order valence-electron chi connectivity index (χ3n) is 13.7. The van der Waals surface area contributed by atoms with Crippen molar-refractivity contribution in [2.45, 2.75) is 110 Å². The maximum Gasteiger partial charge on any atom is 0.307 e. The van der Waals surface area contributed by atoms with Gasteiger partial charge in [0.25, 0.3) is 0 Å². The molecule has 0 saturated heterocycles. The Labute approximate surface area is 455 Å². The molecular weight excluding hydrogens is 1010 g/mol. The van der Waals surface area contributed by atoms with Gasteiger partial charge >= 0.3 is 11.9 Å². The van der Waals surface area contributed by atoms with E-state index in [4.69, 9.17) is 23.1 Å². The molecule has 0 atom stereocenters. The fourth-order valence-corrected chi connectivity index (χ4v) is 10.4. The van der Waals surface area contributed by atoms with Crippen molar-refractivity contribution in [1.82, 2.24) is 0 Å². The van der Waals surface area contributed by atoms with Crippen LogP contribution >= 0.6 is 0 Å². The lowest BCUT2D eigenvalue weighted by atomic mass is 9.82. The lowest BCUT2D eigenvalue weighted by Gasteiger charge is -2.29. The molecule has 0 radical (unpaired) electrons. The third-order valence-corrected chi connectivity index (χ3v) is 14.5. The van der Waals surface area contributed by atoms with Gasteiger partial charge < -0.3 is 59.2 Å². The highest BCUT2D eigenvalue weighted by Crippen LogP contribution is 2.50. The summed E-state index contributed by atoms with van der Waals surface area (Å²) in [4.78, 5) is 28.6. The van der Waals surface area contributed by atoms with Gasteiger partial charge in [0.15, 0.2) is 13.1 Å². The van der Waals surface area contributed by atoms with Crippen molar-refractivity contribution in [2.24, 2.45) is 0 Å². The Morgan fingerprint density at radius 1 is 0.740 bits per heavy atom. The number of carbonyl (C=O) groups excluding carboxylic acids is 2. The Morgan fingerprint density at radius 3 is 1.58 bits per heavy atom. The van der Waals surface area contributed by atoms with E-state index >= 15 is 0 Å². The quantitative estimate of drug-likeness (QED) is 0.0447. The number of nitrogens with zero attached hydrogens (tertiary/aromatic N) is 5. The molecule has 0 aromatic heterocycles. The number of anilines is 2. The molecule has 14 nitrogen and oxygen atoms in total. The van der Waals surface area contributed by atoms with E-state index in [1.165, 1.54) is 55.8 Å². The molecule has 0 amide bonds. The molecular formula is C57H91BrN5O9S+. The van der Waals surface area contributed by atoms with Crippen molar-refractivity contribution >= 4 is 39.1 Å². The van der Waals surface area contributed by atoms with Crippen LogP contribution in [0.4, 0.5) is 11.4 Å². The normalized spacial score (nSPS) is 18.7. The zero-order valence-corrected chi connectivity index (χ0v) is 49.1. The molecule has 2 aromatic carbocycles. The molecule has 410 valence electrons. The average molecular weight is 1110 g/mol. The first kappa shape index (κ1) is 59.7. The molecule has 5 rings (SSSR count). The second kappa shape index (κ2) is 27.6. The first-order valence-corrected chi connectivity index (χ1v) is 26.3. The number of ether oxygens (including phenoxy) is 4. The van der Waals surface area contributed by atoms with E-state index in [1.807, 2.05) is 0 Å². The average Bonchev–Trinajstić information content (AvgIpc) is 3.68. The van der Waals surface area contributed by atoms with E-state index in [0.29, 0.717) is 32.8 Å². The van der Waals surface area contributed by atoms with Crippen molar-refractivity contribution < 1.29 is 76.1 Å². The van der Waals surface area contributed by atoms with Crippen LogP contribution in [0, 0.1) is 6.92 Å². The van der Waals surface area contributed by atoms with Crippen molar-refractivity contribution in [3.05, 3.63) is 99.9 Å². The van der Waals surface area contributed by atoms with E-state index in [-0.39, 0.29) is 72.7 Å². The number of carbonyl (C=O) groups is 2. The molecule has 1 saturated carbocycles. The van der Waals surface area contributed by atoms with E-state index in [0.717, 1.165) is 88.9 Å². The largest absolute Gasteiger partial charge is 1.00 e. The summed E-state index contributed by atoms with van der Waals surface area (Å²) in [5.41, 5.74) is 10.3. The van der Waals surface area contributed by atoms with E-state index in [2.05, 4.69) is 134 Å². The van der Waals surface area contributed by atoms with Gasteiger partial charge in [-0.25, -0.2) is 13.0 Å². The molecule has 1 fully saturated rings. The number of allylic oxidation sites excluding steroid dienone is 8. The van der Waals surface area contributed by atoms with E-state index in [1.54, 1.807) is 12.1 Å². The predicted molar refractivity (Wildman–Crippen MR) is 291 cm³/mol. The van der Waals surface area contributed by atoms with Crippen LogP contribution in [-0.2, 0) is 49.5 Å². The Hall–Kier alpha value is -4.16. The summed E-state index contributed by atoms with van der Waals surface area (Å²) in [7, 11) is 12.3. The first-order valence-electron chi connectivity index (χ1n) is 27.3. The summed E-state index contributed by atoms with van der Waals surface area (Å²) < 4.78 is 80.4. The standard InChI is InChI=1S/C55H83N5O9S.2CH4.BrH/c1-41-19-23-47-45(39-41)54(2,3)49(57(47)29-15-33-59(6,7)8)25-20-42-17-14-18-43(53(42)56(31-37-68-35-27-51(61)66-12)32-38-69-36-28-52(62)67-13)21-26-50-55(4,5)46-40-44(70(63,64)65)22-24-48(46)58(50)30-16-34-60(9,10)11;;;/h19-26,39-40H,14-18,27-38H2,1-13H3;2*1H4;1H/q+2;;;/p-1/i;1D2;1D;. The van der Waals surface area contributed by atoms with Gasteiger partial charge in [0.05, 0.1) is 101 Å². The molecule has 2 heterocycles. The smallest absolute Gasteiger partial charge is 0.307 e. The van der Waals surface area contributed by atoms with Crippen molar-refractivity contribution in [1.29, 1.82) is 0 Å². The molecule has 0 N–H and O–H groups in total. The maximum atomic E-state index is 12.3. The SMILES string of the molecule is COC(=O)CCOCC[N+](CCOCCC(=O)OC)=C1C(=CC=C2N(CCC[N+](C)(C)C)c3ccc(C)cc3C2(C)C)CCC/C1=C\C=C1\N(CCC[N+](C)(C)C)c2ccc(S(=O)(=O)[O-])cc2C1(C)C.[2H]C.[2H]C[2H].[Br-]. The minimum absolute atomic E-state index is 0. The third kappa shape index (κ3) is 17.4. The molecule has 0 bridgehead atoms. The number of benzene rings is 2. The molecule has 73 heavy (non-hydrogen) atoms. The van der Waals surface area contributed by atoms with Crippen LogP contribution < -0.4 is 26.8 Å².